The summed E-state index contributed by atoms with van der Waals surface area (Å²) in [7, 11) is -1.96. The van der Waals surface area contributed by atoms with Crippen LogP contribution >= 0.6 is 0 Å². The summed E-state index contributed by atoms with van der Waals surface area (Å²) in [5.74, 6) is 0.659. The molecule has 1 aromatic carbocycles. The molecular weight excluding hydrogens is 378 g/mol. The SMILES string of the molecule is COc1ccccc1-c1nccnc1[C@@H]1CCCN(S(=O)(=O)c2cn[nH]c2)C1. The smallest absolute Gasteiger partial charge is 0.246 e. The number of ether oxygens (including phenoxy) is 1. The number of nitrogens with one attached hydrogen (secondary N) is 1. The third kappa shape index (κ3) is 3.38. The third-order valence-corrected chi connectivity index (χ3v) is 6.80. The second-order valence-electron chi connectivity index (χ2n) is 6.63. The number of hydrogen-bond donors (Lipinski definition) is 1. The predicted molar refractivity (Wildman–Crippen MR) is 103 cm³/mol. The van der Waals surface area contributed by atoms with Crippen LogP contribution < -0.4 is 4.74 Å². The van der Waals surface area contributed by atoms with E-state index in [9.17, 15) is 8.42 Å². The molecular formula is C19H21N5O3S. The molecule has 1 aliphatic heterocycles. The topological polar surface area (TPSA) is 101 Å². The molecule has 0 aliphatic carbocycles. The zero-order valence-electron chi connectivity index (χ0n) is 15.4. The molecule has 0 spiro atoms. The van der Waals surface area contributed by atoms with Crippen molar-refractivity contribution in [1.82, 2.24) is 24.5 Å². The van der Waals surface area contributed by atoms with Gasteiger partial charge in [0.05, 0.1) is 24.7 Å². The van der Waals surface area contributed by atoms with Gasteiger partial charge in [0.25, 0.3) is 0 Å². The molecule has 1 fully saturated rings. The van der Waals surface area contributed by atoms with Gasteiger partial charge in [-0.2, -0.15) is 9.40 Å². The van der Waals surface area contributed by atoms with Gasteiger partial charge in [-0.1, -0.05) is 12.1 Å². The number of piperidine rings is 1. The molecule has 28 heavy (non-hydrogen) atoms. The van der Waals surface area contributed by atoms with Gasteiger partial charge in [-0.25, -0.2) is 8.42 Å². The van der Waals surface area contributed by atoms with E-state index in [1.165, 1.54) is 16.7 Å². The van der Waals surface area contributed by atoms with Gasteiger partial charge in [0.2, 0.25) is 10.0 Å². The fraction of sp³-hybridized carbons (Fsp3) is 0.316. The first-order valence-corrected chi connectivity index (χ1v) is 10.5. The van der Waals surface area contributed by atoms with E-state index in [0.29, 0.717) is 18.8 Å². The van der Waals surface area contributed by atoms with Gasteiger partial charge in [-0.3, -0.25) is 15.1 Å². The van der Waals surface area contributed by atoms with Crippen molar-refractivity contribution < 1.29 is 13.2 Å². The molecule has 0 saturated carbocycles. The second kappa shape index (κ2) is 7.69. The first-order chi connectivity index (χ1) is 13.6. The molecule has 1 saturated heterocycles. The number of rotatable bonds is 5. The quantitative estimate of drug-likeness (QED) is 0.707. The number of nitrogens with zero attached hydrogens (tertiary/aromatic N) is 4. The Morgan fingerprint density at radius 2 is 2.04 bits per heavy atom. The monoisotopic (exact) mass is 399 g/mol. The Kier molecular flexibility index (Phi) is 5.10. The van der Waals surface area contributed by atoms with Crippen molar-refractivity contribution in [2.45, 2.75) is 23.7 Å². The van der Waals surface area contributed by atoms with Crippen molar-refractivity contribution in [2.24, 2.45) is 0 Å². The molecule has 0 unspecified atom stereocenters. The molecule has 0 amide bonds. The van der Waals surface area contributed by atoms with Crippen molar-refractivity contribution in [3.8, 4) is 17.0 Å². The van der Waals surface area contributed by atoms with Crippen molar-refractivity contribution in [3.63, 3.8) is 0 Å². The lowest BCUT2D eigenvalue weighted by atomic mass is 9.92. The van der Waals surface area contributed by atoms with Crippen LogP contribution in [0.3, 0.4) is 0 Å². The van der Waals surface area contributed by atoms with Crippen LogP contribution in [0.2, 0.25) is 0 Å². The lowest BCUT2D eigenvalue weighted by Gasteiger charge is -2.31. The maximum atomic E-state index is 12.9. The maximum Gasteiger partial charge on any atom is 0.246 e. The van der Waals surface area contributed by atoms with Gasteiger partial charge in [-0.05, 0) is 25.0 Å². The molecule has 1 atom stereocenters. The number of hydrogen-bond acceptors (Lipinski definition) is 6. The van der Waals surface area contributed by atoms with Crippen molar-refractivity contribution >= 4 is 10.0 Å². The van der Waals surface area contributed by atoms with Crippen LogP contribution in [0.25, 0.3) is 11.3 Å². The summed E-state index contributed by atoms with van der Waals surface area (Å²) >= 11 is 0. The number of aromatic amines is 1. The zero-order valence-corrected chi connectivity index (χ0v) is 16.3. The van der Waals surface area contributed by atoms with E-state index in [2.05, 4.69) is 20.2 Å². The van der Waals surface area contributed by atoms with E-state index >= 15 is 0 Å². The number of para-hydroxylation sites is 1. The summed E-state index contributed by atoms with van der Waals surface area (Å²) in [6.45, 7) is 0.836. The largest absolute Gasteiger partial charge is 0.496 e. The lowest BCUT2D eigenvalue weighted by Crippen LogP contribution is -2.39. The van der Waals surface area contributed by atoms with E-state index < -0.39 is 10.0 Å². The van der Waals surface area contributed by atoms with Crippen molar-refractivity contribution in [2.75, 3.05) is 20.2 Å². The van der Waals surface area contributed by atoms with Crippen LogP contribution in [0.1, 0.15) is 24.5 Å². The Balaban J connectivity index is 1.69. The summed E-state index contributed by atoms with van der Waals surface area (Å²) in [5.41, 5.74) is 2.37. The molecule has 0 bridgehead atoms. The van der Waals surface area contributed by atoms with Crippen molar-refractivity contribution in [1.29, 1.82) is 0 Å². The van der Waals surface area contributed by atoms with Crippen LogP contribution in [-0.4, -0.2) is 53.1 Å². The second-order valence-corrected chi connectivity index (χ2v) is 8.56. The van der Waals surface area contributed by atoms with E-state index in [-0.39, 0.29) is 10.8 Å². The molecule has 4 rings (SSSR count). The molecule has 146 valence electrons. The fourth-order valence-electron chi connectivity index (χ4n) is 3.61. The fourth-order valence-corrected chi connectivity index (χ4v) is 5.04. The van der Waals surface area contributed by atoms with E-state index in [4.69, 9.17) is 4.74 Å². The summed E-state index contributed by atoms with van der Waals surface area (Å²) in [6.07, 6.45) is 7.64. The molecule has 3 heterocycles. The highest BCUT2D eigenvalue weighted by atomic mass is 32.2. The Labute approximate surface area is 163 Å². The molecule has 0 radical (unpaired) electrons. The maximum absolute atomic E-state index is 12.9. The minimum absolute atomic E-state index is 0.0518. The van der Waals surface area contributed by atoms with Crippen LogP contribution in [0.15, 0.2) is 53.9 Å². The number of benzene rings is 1. The van der Waals surface area contributed by atoms with Gasteiger partial charge in [0.1, 0.15) is 10.6 Å². The Hall–Kier alpha value is -2.78. The van der Waals surface area contributed by atoms with Crippen LogP contribution in [-0.2, 0) is 10.0 Å². The zero-order chi connectivity index (χ0) is 19.6. The molecule has 3 aromatic rings. The first-order valence-electron chi connectivity index (χ1n) is 9.04. The Bertz CT molecular complexity index is 1050. The highest BCUT2D eigenvalue weighted by Gasteiger charge is 2.33. The van der Waals surface area contributed by atoms with Gasteiger partial charge in [0.15, 0.2) is 0 Å². The molecule has 8 nitrogen and oxygen atoms in total. The highest BCUT2D eigenvalue weighted by Crippen LogP contribution is 2.36. The predicted octanol–water partition coefficient (Wildman–Crippen LogP) is 2.44. The molecule has 1 aliphatic rings. The summed E-state index contributed by atoms with van der Waals surface area (Å²) in [5, 5.41) is 6.34. The minimum atomic E-state index is -3.58. The van der Waals surface area contributed by atoms with Crippen molar-refractivity contribution in [3.05, 3.63) is 54.7 Å². The molecule has 2 aromatic heterocycles. The number of aromatic nitrogens is 4. The van der Waals surface area contributed by atoms with E-state index in [0.717, 1.165) is 29.8 Å². The van der Waals surface area contributed by atoms with Gasteiger partial charge in [0, 0.05) is 43.2 Å². The van der Waals surface area contributed by atoms with E-state index in [1.54, 1.807) is 19.5 Å². The molecule has 9 heteroatoms. The number of H-pyrrole nitrogens is 1. The minimum Gasteiger partial charge on any atom is -0.496 e. The van der Waals surface area contributed by atoms with Gasteiger partial charge < -0.3 is 4.74 Å². The van der Waals surface area contributed by atoms with Gasteiger partial charge in [-0.15, -0.1) is 0 Å². The van der Waals surface area contributed by atoms with Crippen LogP contribution in [0.4, 0.5) is 0 Å². The summed E-state index contributed by atoms with van der Waals surface area (Å²) in [6, 6.07) is 7.64. The highest BCUT2D eigenvalue weighted by molar-refractivity contribution is 7.89. The number of sulfonamides is 1. The Morgan fingerprint density at radius 3 is 2.82 bits per heavy atom. The first kappa shape index (κ1) is 18.6. The number of methoxy groups -OCH3 is 1. The normalized spacial score (nSPS) is 18.1. The standard InChI is InChI=1S/C19H21N5O3S/c1-27-17-7-3-2-6-16(17)19-18(20-8-9-21-19)14-5-4-10-24(13-14)28(25,26)15-11-22-23-12-15/h2-3,6-9,11-12,14H,4-5,10,13H2,1H3,(H,22,23)/t14-/m1/s1. The van der Waals surface area contributed by atoms with Crippen LogP contribution in [0.5, 0.6) is 5.75 Å². The average Bonchev–Trinajstić information content (AvgIpc) is 3.30. The van der Waals surface area contributed by atoms with Gasteiger partial charge >= 0.3 is 0 Å². The lowest BCUT2D eigenvalue weighted by molar-refractivity contribution is 0.312. The summed E-state index contributed by atoms with van der Waals surface area (Å²) < 4.78 is 32.8. The molecule has 1 N–H and O–H groups in total. The Morgan fingerprint density at radius 1 is 1.21 bits per heavy atom. The van der Waals surface area contributed by atoms with E-state index in [1.807, 2.05) is 24.3 Å². The summed E-state index contributed by atoms with van der Waals surface area (Å²) in [4.78, 5) is 9.30. The van der Waals surface area contributed by atoms with Crippen LogP contribution in [0, 0.1) is 0 Å². The average molecular weight is 399 g/mol. The third-order valence-electron chi connectivity index (χ3n) is 4.97.